The molecule has 3 heterocycles. The lowest BCUT2D eigenvalue weighted by Gasteiger charge is -2.45. The normalized spacial score (nSPS) is 29.5. The summed E-state index contributed by atoms with van der Waals surface area (Å²) in [6.07, 6.45) is 8.52. The van der Waals surface area contributed by atoms with Crippen molar-refractivity contribution < 1.29 is 14.3 Å². The predicted octanol–water partition coefficient (Wildman–Crippen LogP) is 2.21. The molecular weight excluding hydrogens is 404 g/mol. The molecule has 5 rings (SSSR count). The number of carbonyl (C=O) groups is 2. The molecule has 2 saturated heterocycles. The standard InChI is InChI=1S/C25H36N4O3/c26-23(17-7-2-1-3-8-17)25(31)29-15-18-9-6-13-28(18)16-21(29)24(30)27-20-12-14-32-22-11-5-4-10-19(20)22/h4-5,10-11,17-18,20-21,23H,1-3,6-9,12-16,26H2,(H,27,30)/t18?,20-,21?,23+/m1/s1. The molecule has 0 radical (unpaired) electrons. The number of nitrogens with one attached hydrogen (secondary N) is 1. The molecule has 0 aromatic heterocycles. The summed E-state index contributed by atoms with van der Waals surface area (Å²) in [6.45, 7) is 2.80. The minimum Gasteiger partial charge on any atom is -0.493 e. The Morgan fingerprint density at radius 1 is 1.03 bits per heavy atom. The van der Waals surface area contributed by atoms with Gasteiger partial charge in [-0.2, -0.15) is 0 Å². The molecule has 1 aromatic rings. The third-order valence-corrected chi connectivity index (χ3v) is 7.99. The van der Waals surface area contributed by atoms with E-state index in [1.807, 2.05) is 29.2 Å². The second kappa shape index (κ2) is 9.40. The summed E-state index contributed by atoms with van der Waals surface area (Å²) < 4.78 is 5.75. The summed E-state index contributed by atoms with van der Waals surface area (Å²) in [5.74, 6) is 0.973. The number of hydrogen-bond acceptors (Lipinski definition) is 5. The third kappa shape index (κ3) is 4.25. The van der Waals surface area contributed by atoms with Gasteiger partial charge in [-0.3, -0.25) is 14.5 Å². The van der Waals surface area contributed by atoms with Crippen LogP contribution < -0.4 is 15.8 Å². The van der Waals surface area contributed by atoms with Gasteiger partial charge in [-0.05, 0) is 44.2 Å². The van der Waals surface area contributed by atoms with Crippen LogP contribution in [0.15, 0.2) is 24.3 Å². The quantitative estimate of drug-likeness (QED) is 0.750. The van der Waals surface area contributed by atoms with E-state index < -0.39 is 12.1 Å². The Hall–Kier alpha value is -2.12. The number of hydrogen-bond donors (Lipinski definition) is 2. The van der Waals surface area contributed by atoms with Crippen LogP contribution in [0.1, 0.15) is 63.0 Å². The van der Waals surface area contributed by atoms with Gasteiger partial charge in [0.25, 0.3) is 0 Å². The van der Waals surface area contributed by atoms with E-state index in [1.165, 1.54) is 6.42 Å². The zero-order chi connectivity index (χ0) is 22.1. The molecule has 3 aliphatic heterocycles. The topological polar surface area (TPSA) is 87.9 Å². The van der Waals surface area contributed by atoms with Crippen LogP contribution in [0.5, 0.6) is 5.75 Å². The van der Waals surface area contributed by atoms with Gasteiger partial charge in [0.2, 0.25) is 11.8 Å². The molecular formula is C25H36N4O3. The van der Waals surface area contributed by atoms with Gasteiger partial charge in [-0.25, -0.2) is 0 Å². The van der Waals surface area contributed by atoms with Crippen molar-refractivity contribution in [1.82, 2.24) is 15.1 Å². The Bertz CT molecular complexity index is 840. The number of para-hydroxylation sites is 1. The van der Waals surface area contributed by atoms with Crippen molar-refractivity contribution in [2.75, 3.05) is 26.2 Å². The van der Waals surface area contributed by atoms with Crippen LogP contribution >= 0.6 is 0 Å². The Balaban J connectivity index is 1.33. The van der Waals surface area contributed by atoms with Gasteiger partial charge >= 0.3 is 0 Å². The molecule has 2 unspecified atom stereocenters. The molecule has 1 aliphatic carbocycles. The number of ether oxygens (including phenoxy) is 1. The van der Waals surface area contributed by atoms with Crippen LogP contribution in [-0.2, 0) is 9.59 Å². The molecule has 4 aliphatic rings. The van der Waals surface area contributed by atoms with Gasteiger partial charge in [-0.1, -0.05) is 37.5 Å². The van der Waals surface area contributed by atoms with E-state index in [-0.39, 0.29) is 23.8 Å². The van der Waals surface area contributed by atoms with Gasteiger partial charge in [-0.15, -0.1) is 0 Å². The molecule has 1 saturated carbocycles. The van der Waals surface area contributed by atoms with Gasteiger partial charge in [0.1, 0.15) is 11.8 Å². The Morgan fingerprint density at radius 2 is 1.84 bits per heavy atom. The summed E-state index contributed by atoms with van der Waals surface area (Å²) in [5.41, 5.74) is 7.53. The van der Waals surface area contributed by atoms with E-state index in [1.54, 1.807) is 0 Å². The number of benzene rings is 1. The van der Waals surface area contributed by atoms with Crippen LogP contribution in [0.2, 0.25) is 0 Å². The molecule has 7 heteroatoms. The number of amides is 2. The molecule has 32 heavy (non-hydrogen) atoms. The first kappa shape index (κ1) is 21.7. The Morgan fingerprint density at radius 3 is 2.69 bits per heavy atom. The number of fused-ring (bicyclic) bond motifs is 2. The molecule has 2 amide bonds. The maximum Gasteiger partial charge on any atom is 0.244 e. The largest absolute Gasteiger partial charge is 0.493 e. The molecule has 3 N–H and O–H groups in total. The summed E-state index contributed by atoms with van der Waals surface area (Å²) in [5, 5.41) is 3.25. The minimum absolute atomic E-state index is 0.0315. The fraction of sp³-hybridized carbons (Fsp3) is 0.680. The number of carbonyl (C=O) groups excluding carboxylic acids is 2. The average Bonchev–Trinajstić information content (AvgIpc) is 3.31. The molecule has 7 nitrogen and oxygen atoms in total. The van der Waals surface area contributed by atoms with Crippen LogP contribution in [0.3, 0.4) is 0 Å². The molecule has 3 fully saturated rings. The lowest BCUT2D eigenvalue weighted by atomic mass is 9.83. The maximum absolute atomic E-state index is 13.6. The second-order valence-electron chi connectivity index (χ2n) is 9.96. The zero-order valence-corrected chi connectivity index (χ0v) is 18.9. The summed E-state index contributed by atoms with van der Waals surface area (Å²) >= 11 is 0. The van der Waals surface area contributed by atoms with E-state index >= 15 is 0 Å². The van der Waals surface area contributed by atoms with Crippen LogP contribution in [0.25, 0.3) is 0 Å². The van der Waals surface area contributed by atoms with Crippen molar-refractivity contribution in [3.05, 3.63) is 29.8 Å². The van der Waals surface area contributed by atoms with Crippen LogP contribution in [0, 0.1) is 5.92 Å². The highest BCUT2D eigenvalue weighted by molar-refractivity contribution is 5.90. The summed E-state index contributed by atoms with van der Waals surface area (Å²) in [4.78, 5) is 31.4. The summed E-state index contributed by atoms with van der Waals surface area (Å²) in [7, 11) is 0. The predicted molar refractivity (Wildman–Crippen MR) is 122 cm³/mol. The fourth-order valence-corrected chi connectivity index (χ4v) is 6.13. The van der Waals surface area contributed by atoms with Crippen molar-refractivity contribution in [3.63, 3.8) is 0 Å². The fourth-order valence-electron chi connectivity index (χ4n) is 6.13. The monoisotopic (exact) mass is 440 g/mol. The summed E-state index contributed by atoms with van der Waals surface area (Å²) in [6, 6.07) is 7.16. The van der Waals surface area contributed by atoms with Crippen molar-refractivity contribution >= 4 is 11.8 Å². The van der Waals surface area contributed by atoms with Crippen molar-refractivity contribution in [2.45, 2.75) is 75.5 Å². The van der Waals surface area contributed by atoms with Gasteiger partial charge in [0.15, 0.2) is 0 Å². The van der Waals surface area contributed by atoms with Gasteiger partial charge in [0, 0.05) is 31.1 Å². The first-order valence-electron chi connectivity index (χ1n) is 12.4. The van der Waals surface area contributed by atoms with Gasteiger partial charge < -0.3 is 20.7 Å². The van der Waals surface area contributed by atoms with E-state index in [0.29, 0.717) is 25.7 Å². The average molecular weight is 441 g/mol. The second-order valence-corrected chi connectivity index (χ2v) is 9.96. The highest BCUT2D eigenvalue weighted by Crippen LogP contribution is 2.33. The van der Waals surface area contributed by atoms with E-state index in [2.05, 4.69) is 10.2 Å². The Labute approximate surface area is 190 Å². The van der Waals surface area contributed by atoms with E-state index in [0.717, 1.165) is 62.8 Å². The van der Waals surface area contributed by atoms with Crippen molar-refractivity contribution in [3.8, 4) is 5.75 Å². The van der Waals surface area contributed by atoms with E-state index in [4.69, 9.17) is 10.5 Å². The van der Waals surface area contributed by atoms with Crippen molar-refractivity contribution in [2.24, 2.45) is 11.7 Å². The first-order valence-corrected chi connectivity index (χ1v) is 12.4. The van der Waals surface area contributed by atoms with Crippen LogP contribution in [-0.4, -0.2) is 66.0 Å². The maximum atomic E-state index is 13.6. The first-order chi connectivity index (χ1) is 15.6. The number of rotatable bonds is 4. The molecule has 4 atom stereocenters. The SMILES string of the molecule is N[C@H](C(=O)N1CC2CCCN2CC1C(=O)N[C@@H]1CCOc2ccccc21)C1CCCCC1. The number of piperazine rings is 1. The third-order valence-electron chi connectivity index (χ3n) is 7.99. The highest BCUT2D eigenvalue weighted by atomic mass is 16.5. The molecule has 0 spiro atoms. The smallest absolute Gasteiger partial charge is 0.244 e. The highest BCUT2D eigenvalue weighted by Gasteiger charge is 2.44. The lowest BCUT2D eigenvalue weighted by molar-refractivity contribution is -0.147. The number of nitrogens with two attached hydrogens (primary N) is 1. The van der Waals surface area contributed by atoms with Gasteiger partial charge in [0.05, 0.1) is 18.7 Å². The number of nitrogens with zero attached hydrogens (tertiary/aromatic N) is 2. The van der Waals surface area contributed by atoms with Crippen molar-refractivity contribution in [1.29, 1.82) is 0 Å². The van der Waals surface area contributed by atoms with Crippen LogP contribution in [0.4, 0.5) is 0 Å². The molecule has 0 bridgehead atoms. The lowest BCUT2D eigenvalue weighted by Crippen LogP contribution is -2.65. The van der Waals surface area contributed by atoms with E-state index in [9.17, 15) is 9.59 Å². The molecule has 174 valence electrons. The Kier molecular flexibility index (Phi) is 6.37. The zero-order valence-electron chi connectivity index (χ0n) is 18.9. The minimum atomic E-state index is -0.498. The molecule has 1 aromatic carbocycles.